The predicted octanol–water partition coefficient (Wildman–Crippen LogP) is 2.95. The average Bonchev–Trinajstić information content (AvgIpc) is 2.46. The average molecular weight is 319 g/mol. The summed E-state index contributed by atoms with van der Waals surface area (Å²) in [5, 5.41) is 0.360. The number of fused-ring (bicyclic) bond motifs is 1. The fraction of sp³-hybridized carbons (Fsp3) is 0.412. The van der Waals surface area contributed by atoms with Gasteiger partial charge in [0.2, 0.25) is 0 Å². The first-order valence-corrected chi connectivity index (χ1v) is 8.81. The zero-order valence-corrected chi connectivity index (χ0v) is 14.1. The first-order chi connectivity index (χ1) is 10.2. The summed E-state index contributed by atoms with van der Waals surface area (Å²) in [6.45, 7) is 6.17. The number of carbonyl (C=O) groups is 1. The number of nitrogens with zero attached hydrogens (tertiary/aromatic N) is 1. The molecule has 118 valence electrons. The predicted molar refractivity (Wildman–Crippen MR) is 88.6 cm³/mol. The molecule has 0 spiro atoms. The summed E-state index contributed by atoms with van der Waals surface area (Å²) in [6.07, 6.45) is 1.70. The Kier molecular flexibility index (Phi) is 4.38. The van der Waals surface area contributed by atoms with Crippen LogP contribution in [-0.2, 0) is 21.1 Å². The number of benzene rings is 1. The second-order valence-corrected chi connectivity index (χ2v) is 9.29. The molecule has 5 heteroatoms. The Morgan fingerprint density at radius 1 is 1.23 bits per heavy atom. The van der Waals surface area contributed by atoms with Gasteiger partial charge in [0, 0.05) is 18.0 Å². The lowest BCUT2D eigenvalue weighted by molar-refractivity contribution is -0.120. The Bertz CT molecular complexity index is 808. The van der Waals surface area contributed by atoms with Crippen molar-refractivity contribution in [2.24, 2.45) is 0 Å². The van der Waals surface area contributed by atoms with Gasteiger partial charge in [0.05, 0.1) is 10.8 Å². The van der Waals surface area contributed by atoms with Crippen LogP contribution in [0.5, 0.6) is 0 Å². The van der Waals surface area contributed by atoms with Crippen molar-refractivity contribution in [2.45, 2.75) is 44.1 Å². The van der Waals surface area contributed by atoms with Crippen LogP contribution in [0.3, 0.4) is 0 Å². The van der Waals surface area contributed by atoms with Gasteiger partial charge in [-0.2, -0.15) is 0 Å². The molecule has 0 saturated heterocycles. The largest absolute Gasteiger partial charge is 0.298 e. The third kappa shape index (κ3) is 2.90. The van der Waals surface area contributed by atoms with E-state index in [1.807, 2.05) is 30.3 Å². The monoisotopic (exact) mass is 319 g/mol. The van der Waals surface area contributed by atoms with Crippen molar-refractivity contribution in [3.63, 3.8) is 0 Å². The van der Waals surface area contributed by atoms with Gasteiger partial charge in [0.1, 0.15) is 4.75 Å². The maximum Gasteiger partial charge on any atom is 0.164 e. The number of hydrogen-bond acceptors (Lipinski definition) is 4. The van der Waals surface area contributed by atoms with Gasteiger partial charge in [0.15, 0.2) is 15.6 Å². The highest BCUT2D eigenvalue weighted by molar-refractivity contribution is 7.94. The molecule has 0 bridgehead atoms. The smallest absolute Gasteiger partial charge is 0.164 e. The number of Topliss-reactive ketones (excluding diaryl/α,β-unsaturated/α-hetero) is 1. The Hall–Kier alpha value is -1.75. The lowest BCUT2D eigenvalue weighted by atomic mass is 10.0. The maximum absolute atomic E-state index is 12.5. The number of aromatic nitrogens is 1. The number of sulfone groups is 1. The molecule has 0 unspecified atom stereocenters. The van der Waals surface area contributed by atoms with Crippen LogP contribution in [0, 0.1) is 0 Å². The van der Waals surface area contributed by atoms with E-state index in [1.165, 1.54) is 13.8 Å². The highest BCUT2D eigenvalue weighted by atomic mass is 32.2. The molecule has 0 aliphatic carbocycles. The number of carbonyl (C=O) groups excluding carboxylic acids is 1. The fourth-order valence-corrected chi connectivity index (χ4v) is 3.93. The Labute approximate surface area is 131 Å². The summed E-state index contributed by atoms with van der Waals surface area (Å²) in [5.41, 5.74) is 1.59. The van der Waals surface area contributed by atoms with Gasteiger partial charge in [-0.3, -0.25) is 9.78 Å². The Morgan fingerprint density at radius 2 is 1.86 bits per heavy atom. The van der Waals surface area contributed by atoms with Gasteiger partial charge in [-0.05, 0) is 45.4 Å². The second kappa shape index (κ2) is 5.80. The van der Waals surface area contributed by atoms with Crippen LogP contribution in [0.25, 0.3) is 10.9 Å². The Balaban J connectivity index is 2.30. The molecule has 0 saturated carbocycles. The van der Waals surface area contributed by atoms with Crippen LogP contribution in [0.1, 0.15) is 33.3 Å². The molecule has 0 aliphatic rings. The molecule has 0 amide bonds. The lowest BCUT2D eigenvalue weighted by Gasteiger charge is -2.25. The first kappa shape index (κ1) is 16.6. The summed E-state index contributed by atoms with van der Waals surface area (Å²) in [7, 11) is -3.51. The Morgan fingerprint density at radius 3 is 2.50 bits per heavy atom. The number of pyridine rings is 1. The standard InChI is InChI=1S/C17H21NO3S/c1-12(2)22(20,21)17(3,4)16(19)10-13-9-14-7-5-6-8-15(14)18-11-13/h5-9,11-12H,10H2,1-4H3. The van der Waals surface area contributed by atoms with Crippen molar-refractivity contribution < 1.29 is 13.2 Å². The summed E-state index contributed by atoms with van der Waals surface area (Å²) in [5.74, 6) is -0.307. The number of hydrogen-bond donors (Lipinski definition) is 0. The van der Waals surface area contributed by atoms with Crippen molar-refractivity contribution in [1.29, 1.82) is 0 Å². The van der Waals surface area contributed by atoms with Crippen LogP contribution in [-0.4, -0.2) is 29.2 Å². The molecule has 2 aromatic rings. The van der Waals surface area contributed by atoms with Gasteiger partial charge >= 0.3 is 0 Å². The first-order valence-electron chi connectivity index (χ1n) is 7.26. The van der Waals surface area contributed by atoms with Crippen molar-refractivity contribution in [3.8, 4) is 0 Å². The summed E-state index contributed by atoms with van der Waals surface area (Å²) >= 11 is 0. The molecule has 1 aromatic carbocycles. The maximum atomic E-state index is 12.5. The molecule has 2 rings (SSSR count). The molecule has 4 nitrogen and oxygen atoms in total. The fourth-order valence-electron chi connectivity index (χ4n) is 2.36. The zero-order valence-electron chi connectivity index (χ0n) is 13.3. The molecule has 0 atom stereocenters. The van der Waals surface area contributed by atoms with E-state index in [-0.39, 0.29) is 12.2 Å². The van der Waals surface area contributed by atoms with E-state index < -0.39 is 19.8 Å². The number of ketones is 1. The van der Waals surface area contributed by atoms with E-state index in [4.69, 9.17) is 0 Å². The van der Waals surface area contributed by atoms with Crippen LogP contribution in [0.15, 0.2) is 36.5 Å². The van der Waals surface area contributed by atoms with E-state index in [9.17, 15) is 13.2 Å². The molecule has 1 aromatic heterocycles. The minimum absolute atomic E-state index is 0.0663. The molecular formula is C17H21NO3S. The quantitative estimate of drug-likeness (QED) is 0.850. The number of rotatable bonds is 5. The van der Waals surface area contributed by atoms with Gasteiger partial charge in [-0.25, -0.2) is 8.42 Å². The normalized spacial score (nSPS) is 12.8. The van der Waals surface area contributed by atoms with Crippen molar-refractivity contribution >= 4 is 26.5 Å². The van der Waals surface area contributed by atoms with Crippen LogP contribution in [0.2, 0.25) is 0 Å². The molecule has 0 N–H and O–H groups in total. The number of para-hydroxylation sites is 1. The highest BCUT2D eigenvalue weighted by Crippen LogP contribution is 2.25. The third-order valence-electron chi connectivity index (χ3n) is 4.02. The lowest BCUT2D eigenvalue weighted by Crippen LogP contribution is -2.45. The third-order valence-corrected chi connectivity index (χ3v) is 6.91. The molecular weight excluding hydrogens is 298 g/mol. The molecule has 22 heavy (non-hydrogen) atoms. The molecule has 0 fully saturated rings. The van der Waals surface area contributed by atoms with Gasteiger partial charge < -0.3 is 0 Å². The van der Waals surface area contributed by atoms with E-state index in [2.05, 4.69) is 4.98 Å². The van der Waals surface area contributed by atoms with Crippen molar-refractivity contribution in [2.75, 3.05) is 0 Å². The topological polar surface area (TPSA) is 64.1 Å². The van der Waals surface area contributed by atoms with Gasteiger partial charge in [-0.1, -0.05) is 18.2 Å². The summed E-state index contributed by atoms with van der Waals surface area (Å²) in [4.78, 5) is 16.8. The van der Waals surface area contributed by atoms with E-state index in [0.717, 1.165) is 16.5 Å². The van der Waals surface area contributed by atoms with Crippen LogP contribution in [0.4, 0.5) is 0 Å². The highest BCUT2D eigenvalue weighted by Gasteiger charge is 2.42. The van der Waals surface area contributed by atoms with Crippen LogP contribution >= 0.6 is 0 Å². The summed E-state index contributed by atoms with van der Waals surface area (Å²) in [6, 6.07) is 9.51. The minimum Gasteiger partial charge on any atom is -0.298 e. The van der Waals surface area contributed by atoms with Gasteiger partial charge in [-0.15, -0.1) is 0 Å². The van der Waals surface area contributed by atoms with E-state index >= 15 is 0 Å². The minimum atomic E-state index is -3.51. The van der Waals surface area contributed by atoms with Crippen molar-refractivity contribution in [1.82, 2.24) is 4.98 Å². The molecule has 0 aliphatic heterocycles. The SMILES string of the molecule is CC(C)S(=O)(=O)C(C)(C)C(=O)Cc1cnc2ccccc2c1. The zero-order chi connectivity index (χ0) is 16.5. The molecule has 0 radical (unpaired) electrons. The summed E-state index contributed by atoms with van der Waals surface area (Å²) < 4.78 is 23.3. The van der Waals surface area contributed by atoms with Crippen LogP contribution < -0.4 is 0 Å². The van der Waals surface area contributed by atoms with E-state index in [0.29, 0.717) is 0 Å². The van der Waals surface area contributed by atoms with E-state index in [1.54, 1.807) is 20.0 Å². The van der Waals surface area contributed by atoms with Gasteiger partial charge in [0.25, 0.3) is 0 Å². The van der Waals surface area contributed by atoms with Crippen molar-refractivity contribution in [3.05, 3.63) is 42.1 Å². The molecule has 1 heterocycles. The second-order valence-electron chi connectivity index (χ2n) is 6.24.